The molecule has 0 aliphatic carbocycles. The minimum atomic E-state index is -4.37. The van der Waals surface area contributed by atoms with E-state index in [9.17, 15) is 18.0 Å². The second-order valence-corrected chi connectivity index (χ2v) is 4.17. The van der Waals surface area contributed by atoms with Gasteiger partial charge in [-0.25, -0.2) is 0 Å². The van der Waals surface area contributed by atoms with Crippen molar-refractivity contribution in [1.82, 2.24) is 10.6 Å². The Labute approximate surface area is 110 Å². The highest BCUT2D eigenvalue weighted by Gasteiger charge is 2.27. The number of hydrogen-bond donors (Lipinski definition) is 2. The van der Waals surface area contributed by atoms with Crippen molar-refractivity contribution in [2.75, 3.05) is 13.1 Å². The molecule has 0 aromatic heterocycles. The van der Waals surface area contributed by atoms with Crippen molar-refractivity contribution in [3.63, 3.8) is 0 Å². The second kappa shape index (κ2) is 7.13. The summed E-state index contributed by atoms with van der Waals surface area (Å²) in [6.07, 6.45) is -3.42. The number of benzene rings is 1. The first-order valence-corrected chi connectivity index (χ1v) is 6.02. The van der Waals surface area contributed by atoms with E-state index in [0.29, 0.717) is 6.54 Å². The number of aryl methyl sites for hydroxylation is 1. The minimum Gasteiger partial charge on any atom is -0.346 e. The molecule has 0 atom stereocenters. The van der Waals surface area contributed by atoms with Gasteiger partial charge in [-0.1, -0.05) is 31.2 Å². The fraction of sp³-hybridized carbons (Fsp3) is 0.462. The predicted octanol–water partition coefficient (Wildman–Crippen LogP) is 2.02. The van der Waals surface area contributed by atoms with Crippen LogP contribution >= 0.6 is 0 Å². The van der Waals surface area contributed by atoms with Gasteiger partial charge in [0.2, 0.25) is 5.91 Å². The van der Waals surface area contributed by atoms with Crippen LogP contribution in [-0.4, -0.2) is 25.2 Å². The molecule has 0 heterocycles. The summed E-state index contributed by atoms with van der Waals surface area (Å²) in [5.74, 6) is -0.664. The highest BCUT2D eigenvalue weighted by atomic mass is 19.4. The van der Waals surface area contributed by atoms with Gasteiger partial charge in [0.15, 0.2) is 0 Å². The van der Waals surface area contributed by atoms with Crippen LogP contribution in [0.3, 0.4) is 0 Å². The molecule has 0 spiro atoms. The third-order valence-corrected chi connectivity index (χ3v) is 2.53. The van der Waals surface area contributed by atoms with Gasteiger partial charge in [-0.15, -0.1) is 0 Å². The molecule has 0 saturated heterocycles. The molecule has 0 radical (unpaired) electrons. The first-order chi connectivity index (χ1) is 8.90. The van der Waals surface area contributed by atoms with Crippen molar-refractivity contribution in [2.45, 2.75) is 26.1 Å². The lowest BCUT2D eigenvalue weighted by atomic mass is 10.1. The molecule has 106 valence electrons. The van der Waals surface area contributed by atoms with Crippen LogP contribution in [-0.2, 0) is 17.8 Å². The van der Waals surface area contributed by atoms with Crippen LogP contribution in [0.1, 0.15) is 18.1 Å². The van der Waals surface area contributed by atoms with Crippen molar-refractivity contribution in [3.05, 3.63) is 35.4 Å². The van der Waals surface area contributed by atoms with E-state index in [-0.39, 0.29) is 6.54 Å². The predicted molar refractivity (Wildman–Crippen MR) is 66.6 cm³/mol. The first kappa shape index (κ1) is 15.5. The Morgan fingerprint density at radius 2 is 1.74 bits per heavy atom. The smallest absolute Gasteiger partial charge is 0.346 e. The largest absolute Gasteiger partial charge is 0.405 e. The number of hydrogen-bond acceptors (Lipinski definition) is 2. The average molecular weight is 274 g/mol. The molecular weight excluding hydrogens is 257 g/mol. The van der Waals surface area contributed by atoms with Gasteiger partial charge in [0.1, 0.15) is 6.54 Å². The number of carbonyl (C=O) groups excluding carboxylic acids is 1. The van der Waals surface area contributed by atoms with Crippen LogP contribution in [0.2, 0.25) is 0 Å². The third-order valence-electron chi connectivity index (χ3n) is 2.53. The van der Waals surface area contributed by atoms with Crippen molar-refractivity contribution in [2.24, 2.45) is 0 Å². The summed E-state index contributed by atoms with van der Waals surface area (Å²) in [5, 5.41) is 4.60. The molecule has 1 amide bonds. The van der Waals surface area contributed by atoms with Gasteiger partial charge in [-0.3, -0.25) is 4.79 Å². The lowest BCUT2D eigenvalue weighted by Crippen LogP contribution is -2.39. The SMILES string of the molecule is CCc1ccc(CNCC(=O)NCC(F)(F)F)cc1. The van der Waals surface area contributed by atoms with E-state index in [4.69, 9.17) is 0 Å². The Bertz CT molecular complexity index is 401. The molecule has 1 aromatic rings. The van der Waals surface area contributed by atoms with Crippen LogP contribution in [0.5, 0.6) is 0 Å². The van der Waals surface area contributed by atoms with Crippen LogP contribution in [0.25, 0.3) is 0 Å². The Morgan fingerprint density at radius 3 is 2.26 bits per heavy atom. The van der Waals surface area contributed by atoms with Crippen LogP contribution in [0, 0.1) is 0 Å². The van der Waals surface area contributed by atoms with E-state index in [1.165, 1.54) is 5.56 Å². The van der Waals surface area contributed by atoms with Gasteiger partial charge in [0.05, 0.1) is 6.54 Å². The molecule has 0 fully saturated rings. The molecule has 0 saturated carbocycles. The maximum atomic E-state index is 11.8. The summed E-state index contributed by atoms with van der Waals surface area (Å²) in [7, 11) is 0. The zero-order chi connectivity index (χ0) is 14.3. The van der Waals surface area contributed by atoms with E-state index in [1.807, 2.05) is 24.3 Å². The quantitative estimate of drug-likeness (QED) is 0.833. The number of nitrogens with one attached hydrogen (secondary N) is 2. The minimum absolute atomic E-state index is 0.133. The Morgan fingerprint density at radius 1 is 1.16 bits per heavy atom. The van der Waals surface area contributed by atoms with Gasteiger partial charge in [0, 0.05) is 6.54 Å². The zero-order valence-corrected chi connectivity index (χ0v) is 10.7. The summed E-state index contributed by atoms with van der Waals surface area (Å²) in [4.78, 5) is 11.1. The summed E-state index contributed by atoms with van der Waals surface area (Å²) in [6, 6.07) is 7.83. The molecule has 1 aromatic carbocycles. The van der Waals surface area contributed by atoms with Crippen LogP contribution < -0.4 is 10.6 Å². The lowest BCUT2D eigenvalue weighted by Gasteiger charge is -2.09. The van der Waals surface area contributed by atoms with Gasteiger partial charge >= 0.3 is 6.18 Å². The maximum Gasteiger partial charge on any atom is 0.405 e. The summed E-state index contributed by atoms with van der Waals surface area (Å²) in [5.41, 5.74) is 2.20. The van der Waals surface area contributed by atoms with Crippen molar-refractivity contribution in [3.8, 4) is 0 Å². The van der Waals surface area contributed by atoms with Crippen molar-refractivity contribution in [1.29, 1.82) is 0 Å². The molecule has 0 aliphatic heterocycles. The summed E-state index contributed by atoms with van der Waals surface area (Å²) < 4.78 is 35.5. The molecule has 3 nitrogen and oxygen atoms in total. The first-order valence-electron chi connectivity index (χ1n) is 6.02. The van der Waals surface area contributed by atoms with E-state index >= 15 is 0 Å². The van der Waals surface area contributed by atoms with E-state index in [1.54, 1.807) is 5.32 Å². The normalized spacial score (nSPS) is 11.4. The molecular formula is C13H17F3N2O. The van der Waals surface area contributed by atoms with Crippen molar-refractivity contribution < 1.29 is 18.0 Å². The molecule has 6 heteroatoms. The van der Waals surface area contributed by atoms with E-state index in [0.717, 1.165) is 12.0 Å². The van der Waals surface area contributed by atoms with Crippen LogP contribution in [0.15, 0.2) is 24.3 Å². The fourth-order valence-corrected chi connectivity index (χ4v) is 1.47. The topological polar surface area (TPSA) is 41.1 Å². The highest BCUT2D eigenvalue weighted by molar-refractivity contribution is 5.77. The number of halogens is 3. The van der Waals surface area contributed by atoms with Gasteiger partial charge < -0.3 is 10.6 Å². The Kier molecular flexibility index (Phi) is 5.82. The standard InChI is InChI=1S/C13H17F3N2O/c1-2-10-3-5-11(6-4-10)7-17-8-12(19)18-9-13(14,15)16/h3-6,17H,2,7-9H2,1H3,(H,18,19). The van der Waals surface area contributed by atoms with Crippen LogP contribution in [0.4, 0.5) is 13.2 Å². The second-order valence-electron chi connectivity index (χ2n) is 4.17. The summed E-state index contributed by atoms with van der Waals surface area (Å²) >= 11 is 0. The highest BCUT2D eigenvalue weighted by Crippen LogP contribution is 2.11. The van der Waals surface area contributed by atoms with E-state index < -0.39 is 18.6 Å². The molecule has 0 aliphatic rings. The number of rotatable bonds is 6. The number of carbonyl (C=O) groups is 1. The number of amides is 1. The Balaban J connectivity index is 2.24. The molecule has 0 unspecified atom stereocenters. The third kappa shape index (κ3) is 6.81. The van der Waals surface area contributed by atoms with E-state index in [2.05, 4.69) is 12.2 Å². The maximum absolute atomic E-state index is 11.8. The molecule has 2 N–H and O–H groups in total. The zero-order valence-electron chi connectivity index (χ0n) is 10.7. The summed E-state index contributed by atoms with van der Waals surface area (Å²) in [6.45, 7) is 1.08. The van der Waals surface area contributed by atoms with Gasteiger partial charge in [-0.2, -0.15) is 13.2 Å². The van der Waals surface area contributed by atoms with Gasteiger partial charge in [-0.05, 0) is 17.5 Å². The Hall–Kier alpha value is -1.56. The lowest BCUT2D eigenvalue weighted by molar-refractivity contribution is -0.137. The average Bonchev–Trinajstić information content (AvgIpc) is 2.36. The molecule has 0 bridgehead atoms. The molecule has 19 heavy (non-hydrogen) atoms. The van der Waals surface area contributed by atoms with Gasteiger partial charge in [0.25, 0.3) is 0 Å². The fourth-order valence-electron chi connectivity index (χ4n) is 1.47. The monoisotopic (exact) mass is 274 g/mol. The van der Waals surface area contributed by atoms with Crippen molar-refractivity contribution >= 4 is 5.91 Å². The molecule has 1 rings (SSSR count). The number of alkyl halides is 3.